The normalized spacial score (nSPS) is 15.6. The van der Waals surface area contributed by atoms with Gasteiger partial charge in [-0.1, -0.05) is 12.1 Å². The van der Waals surface area contributed by atoms with Crippen molar-refractivity contribution in [2.24, 2.45) is 0 Å². The monoisotopic (exact) mass is 348 g/mol. The van der Waals surface area contributed by atoms with E-state index in [1.54, 1.807) is 24.4 Å². The van der Waals surface area contributed by atoms with Crippen molar-refractivity contribution < 1.29 is 23.8 Å². The van der Waals surface area contributed by atoms with Crippen molar-refractivity contribution in [3.05, 3.63) is 40.3 Å². The maximum Gasteiger partial charge on any atom is 0.357 e. The predicted molar refractivity (Wildman–Crippen MR) is 86.3 cm³/mol. The number of nitrogens with one attached hydrogen (secondary N) is 1. The Morgan fingerprint density at radius 3 is 2.96 bits per heavy atom. The number of benzene rings is 1. The van der Waals surface area contributed by atoms with Gasteiger partial charge >= 0.3 is 5.97 Å². The highest BCUT2D eigenvalue weighted by Gasteiger charge is 2.27. The molecule has 1 amide bonds. The molecule has 0 aliphatic carbocycles. The minimum absolute atomic E-state index is 0.148. The number of ether oxygens (including phenoxy) is 3. The SMILES string of the molecule is CCOC(=O)c1csc(CNC(=O)[C@H]2COc3ccccc3O2)n1. The Morgan fingerprint density at radius 1 is 1.38 bits per heavy atom. The van der Waals surface area contributed by atoms with Crippen molar-refractivity contribution in [3.8, 4) is 11.5 Å². The average molecular weight is 348 g/mol. The second-order valence-corrected chi connectivity index (χ2v) is 5.87. The molecule has 0 radical (unpaired) electrons. The van der Waals surface area contributed by atoms with Crippen LogP contribution in [0, 0.1) is 0 Å². The lowest BCUT2D eigenvalue weighted by molar-refractivity contribution is -0.130. The minimum atomic E-state index is -0.718. The van der Waals surface area contributed by atoms with Gasteiger partial charge in [-0.3, -0.25) is 4.79 Å². The number of esters is 1. The van der Waals surface area contributed by atoms with Gasteiger partial charge in [0.1, 0.15) is 11.6 Å². The van der Waals surface area contributed by atoms with Crippen LogP contribution in [-0.2, 0) is 16.1 Å². The number of nitrogens with zero attached hydrogens (tertiary/aromatic N) is 1. The summed E-state index contributed by atoms with van der Waals surface area (Å²) < 4.78 is 16.0. The molecule has 0 unspecified atom stereocenters. The van der Waals surface area contributed by atoms with Gasteiger partial charge in [-0.2, -0.15) is 0 Å². The zero-order valence-corrected chi connectivity index (χ0v) is 13.8. The number of aromatic nitrogens is 1. The molecule has 2 aromatic rings. The van der Waals surface area contributed by atoms with E-state index in [-0.39, 0.29) is 24.8 Å². The van der Waals surface area contributed by atoms with Crippen molar-refractivity contribution in [1.29, 1.82) is 0 Å². The highest BCUT2D eigenvalue weighted by molar-refractivity contribution is 7.09. The molecule has 1 aromatic heterocycles. The van der Waals surface area contributed by atoms with Gasteiger partial charge in [-0.05, 0) is 19.1 Å². The quantitative estimate of drug-likeness (QED) is 0.829. The standard InChI is InChI=1S/C16H16N2O5S/c1-2-21-16(20)10-9-24-14(18-10)7-17-15(19)13-8-22-11-5-3-4-6-12(11)23-13/h3-6,9,13H,2,7-8H2,1H3,(H,17,19)/t13-/m1/s1. The Labute approximate surface area is 142 Å². The summed E-state index contributed by atoms with van der Waals surface area (Å²) in [6.45, 7) is 2.39. The third-order valence-corrected chi connectivity index (χ3v) is 4.10. The number of amides is 1. The Kier molecular flexibility index (Phi) is 4.95. The number of carbonyl (C=O) groups is 2. The fraction of sp³-hybridized carbons (Fsp3) is 0.312. The molecule has 1 aromatic carbocycles. The van der Waals surface area contributed by atoms with Crippen LogP contribution in [0.15, 0.2) is 29.6 Å². The smallest absolute Gasteiger partial charge is 0.357 e. The molecule has 2 heterocycles. The van der Waals surface area contributed by atoms with Gasteiger partial charge in [0, 0.05) is 5.38 Å². The Bertz CT molecular complexity index is 746. The van der Waals surface area contributed by atoms with Crippen LogP contribution in [0.25, 0.3) is 0 Å². The van der Waals surface area contributed by atoms with Gasteiger partial charge in [0.05, 0.1) is 13.2 Å². The number of hydrogen-bond acceptors (Lipinski definition) is 7. The van der Waals surface area contributed by atoms with Crippen molar-refractivity contribution >= 4 is 23.2 Å². The molecule has 8 heteroatoms. The fourth-order valence-electron chi connectivity index (χ4n) is 2.12. The molecule has 7 nitrogen and oxygen atoms in total. The molecule has 0 saturated heterocycles. The first-order valence-electron chi connectivity index (χ1n) is 7.45. The molecular formula is C16H16N2O5S. The first-order chi connectivity index (χ1) is 11.7. The molecule has 24 heavy (non-hydrogen) atoms. The molecule has 1 atom stereocenters. The van der Waals surface area contributed by atoms with E-state index in [1.165, 1.54) is 11.3 Å². The molecule has 3 rings (SSSR count). The number of hydrogen-bond donors (Lipinski definition) is 1. The van der Waals surface area contributed by atoms with E-state index in [4.69, 9.17) is 14.2 Å². The third kappa shape index (κ3) is 3.65. The van der Waals surface area contributed by atoms with Crippen LogP contribution in [0.3, 0.4) is 0 Å². The molecule has 0 saturated carbocycles. The average Bonchev–Trinajstić information content (AvgIpc) is 3.08. The summed E-state index contributed by atoms with van der Waals surface area (Å²) in [5.41, 5.74) is 0.247. The lowest BCUT2D eigenvalue weighted by atomic mass is 10.2. The molecule has 0 bridgehead atoms. The maximum atomic E-state index is 12.2. The van der Waals surface area contributed by atoms with Crippen LogP contribution in [0.1, 0.15) is 22.4 Å². The summed E-state index contributed by atoms with van der Waals surface area (Å²) in [6.07, 6.45) is -0.718. The molecule has 1 aliphatic rings. The first-order valence-corrected chi connectivity index (χ1v) is 8.33. The van der Waals surface area contributed by atoms with E-state index < -0.39 is 12.1 Å². The zero-order valence-electron chi connectivity index (χ0n) is 13.0. The van der Waals surface area contributed by atoms with E-state index in [2.05, 4.69) is 10.3 Å². The largest absolute Gasteiger partial charge is 0.485 e. The number of fused-ring (bicyclic) bond motifs is 1. The fourth-order valence-corrected chi connectivity index (χ4v) is 2.82. The molecule has 126 valence electrons. The van der Waals surface area contributed by atoms with Crippen LogP contribution < -0.4 is 14.8 Å². The van der Waals surface area contributed by atoms with Gasteiger partial charge in [0.2, 0.25) is 6.10 Å². The van der Waals surface area contributed by atoms with Crippen molar-refractivity contribution in [1.82, 2.24) is 10.3 Å². The molecule has 1 N–H and O–H groups in total. The number of para-hydroxylation sites is 2. The third-order valence-electron chi connectivity index (χ3n) is 3.25. The molecule has 1 aliphatic heterocycles. The zero-order chi connectivity index (χ0) is 16.9. The summed E-state index contributed by atoms with van der Waals surface area (Å²) >= 11 is 1.28. The highest BCUT2D eigenvalue weighted by Crippen LogP contribution is 2.30. The van der Waals surface area contributed by atoms with Gasteiger partial charge < -0.3 is 19.5 Å². The van der Waals surface area contributed by atoms with E-state index in [0.717, 1.165) is 0 Å². The summed E-state index contributed by atoms with van der Waals surface area (Å²) in [5, 5.41) is 4.96. The predicted octanol–water partition coefficient (Wildman–Crippen LogP) is 1.78. The minimum Gasteiger partial charge on any atom is -0.485 e. The summed E-state index contributed by atoms with van der Waals surface area (Å²) in [4.78, 5) is 27.9. The number of thiazole rings is 1. The molecular weight excluding hydrogens is 332 g/mol. The molecule has 0 fully saturated rings. The summed E-state index contributed by atoms with van der Waals surface area (Å²) in [7, 11) is 0. The van der Waals surface area contributed by atoms with Gasteiger partial charge in [-0.25, -0.2) is 9.78 Å². The van der Waals surface area contributed by atoms with Crippen LogP contribution in [0.4, 0.5) is 0 Å². The Balaban J connectivity index is 1.54. The highest BCUT2D eigenvalue weighted by atomic mass is 32.1. The van der Waals surface area contributed by atoms with E-state index in [0.29, 0.717) is 23.1 Å². The number of carbonyl (C=O) groups excluding carboxylic acids is 2. The van der Waals surface area contributed by atoms with Gasteiger partial charge in [0.25, 0.3) is 5.91 Å². The first kappa shape index (κ1) is 16.3. The van der Waals surface area contributed by atoms with Crippen molar-refractivity contribution in [3.63, 3.8) is 0 Å². The van der Waals surface area contributed by atoms with Crippen LogP contribution >= 0.6 is 11.3 Å². The number of rotatable bonds is 5. The summed E-state index contributed by atoms with van der Waals surface area (Å²) in [5.74, 6) is 0.410. The Morgan fingerprint density at radius 2 is 2.17 bits per heavy atom. The maximum absolute atomic E-state index is 12.2. The van der Waals surface area contributed by atoms with E-state index in [1.807, 2.05) is 12.1 Å². The van der Waals surface area contributed by atoms with Crippen molar-refractivity contribution in [2.75, 3.05) is 13.2 Å². The van der Waals surface area contributed by atoms with Gasteiger partial charge in [0.15, 0.2) is 17.2 Å². The van der Waals surface area contributed by atoms with Crippen LogP contribution in [-0.4, -0.2) is 36.2 Å². The second-order valence-electron chi connectivity index (χ2n) is 4.93. The summed E-state index contributed by atoms with van der Waals surface area (Å²) in [6, 6.07) is 7.19. The van der Waals surface area contributed by atoms with Crippen LogP contribution in [0.5, 0.6) is 11.5 Å². The topological polar surface area (TPSA) is 86.8 Å². The van der Waals surface area contributed by atoms with E-state index >= 15 is 0 Å². The van der Waals surface area contributed by atoms with Crippen LogP contribution in [0.2, 0.25) is 0 Å². The lowest BCUT2D eigenvalue weighted by Crippen LogP contribution is -2.43. The van der Waals surface area contributed by atoms with E-state index in [9.17, 15) is 9.59 Å². The molecule has 0 spiro atoms. The lowest BCUT2D eigenvalue weighted by Gasteiger charge is -2.25. The van der Waals surface area contributed by atoms with Gasteiger partial charge in [-0.15, -0.1) is 11.3 Å². The Hall–Kier alpha value is -2.61. The van der Waals surface area contributed by atoms with Crippen molar-refractivity contribution in [2.45, 2.75) is 19.6 Å². The second kappa shape index (κ2) is 7.31.